The summed E-state index contributed by atoms with van der Waals surface area (Å²) in [4.78, 5) is 11.0. The van der Waals surface area contributed by atoms with Crippen molar-refractivity contribution in [3.8, 4) is 11.6 Å². The molecular weight excluding hydrogens is 394 g/mol. The van der Waals surface area contributed by atoms with Crippen LogP contribution in [0.1, 0.15) is 23.5 Å². The van der Waals surface area contributed by atoms with Crippen molar-refractivity contribution < 1.29 is 5.11 Å². The summed E-state index contributed by atoms with van der Waals surface area (Å²) < 4.78 is 2.04. The number of aromatic nitrogens is 3. The molecule has 0 radical (unpaired) electrons. The molecule has 2 N–H and O–H groups in total. The van der Waals surface area contributed by atoms with Gasteiger partial charge in [0.15, 0.2) is 5.11 Å². The van der Waals surface area contributed by atoms with Gasteiger partial charge in [-0.3, -0.25) is 4.98 Å². The van der Waals surface area contributed by atoms with Gasteiger partial charge in [-0.05, 0) is 60.7 Å². The van der Waals surface area contributed by atoms with Gasteiger partial charge in [-0.1, -0.05) is 24.3 Å². The van der Waals surface area contributed by atoms with Gasteiger partial charge < -0.3 is 19.9 Å². The highest BCUT2D eigenvalue weighted by Gasteiger charge is 2.43. The van der Waals surface area contributed by atoms with Crippen LogP contribution in [0.3, 0.4) is 0 Å². The van der Waals surface area contributed by atoms with Crippen LogP contribution in [0.5, 0.6) is 5.75 Å². The van der Waals surface area contributed by atoms with E-state index < -0.39 is 0 Å². The van der Waals surface area contributed by atoms with E-state index in [1.54, 1.807) is 24.5 Å². The third-order valence-corrected chi connectivity index (χ3v) is 5.53. The lowest BCUT2D eigenvalue weighted by Crippen LogP contribution is -2.30. The molecule has 1 saturated heterocycles. The number of pyridine rings is 2. The van der Waals surface area contributed by atoms with Crippen LogP contribution in [0.15, 0.2) is 91.4 Å². The number of hydrogen-bond acceptors (Lipinski definition) is 4. The van der Waals surface area contributed by atoms with Gasteiger partial charge in [0, 0.05) is 24.3 Å². The molecule has 3 aromatic heterocycles. The highest BCUT2D eigenvalue weighted by Crippen LogP contribution is 2.44. The van der Waals surface area contributed by atoms with Crippen LogP contribution < -0.4 is 10.2 Å². The lowest BCUT2D eigenvalue weighted by Gasteiger charge is -2.29. The number of benzene rings is 1. The van der Waals surface area contributed by atoms with Gasteiger partial charge >= 0.3 is 0 Å². The summed E-state index contributed by atoms with van der Waals surface area (Å²) in [5.41, 5.74) is 2.50. The number of nitrogens with zero attached hydrogens (tertiary/aromatic N) is 4. The molecule has 0 amide bonds. The molecular formula is C23H19N5OS. The van der Waals surface area contributed by atoms with Crippen molar-refractivity contribution in [3.05, 3.63) is 103 Å². The van der Waals surface area contributed by atoms with E-state index in [1.165, 1.54) is 0 Å². The number of para-hydroxylation sites is 2. The molecule has 148 valence electrons. The average Bonchev–Trinajstić information content (AvgIpc) is 3.40. The summed E-state index contributed by atoms with van der Waals surface area (Å²) in [6.07, 6.45) is 5.53. The zero-order chi connectivity index (χ0) is 20.5. The van der Waals surface area contributed by atoms with Gasteiger partial charge in [0.2, 0.25) is 0 Å². The number of nitrogens with one attached hydrogen (secondary N) is 1. The fourth-order valence-corrected chi connectivity index (χ4v) is 4.26. The summed E-state index contributed by atoms with van der Waals surface area (Å²) in [6.45, 7) is 0. The first kappa shape index (κ1) is 18.3. The van der Waals surface area contributed by atoms with Crippen LogP contribution in [-0.4, -0.2) is 24.8 Å². The Bertz CT molecular complexity index is 1180. The number of rotatable bonds is 4. The highest BCUT2D eigenvalue weighted by molar-refractivity contribution is 7.80. The fraction of sp³-hybridized carbons (Fsp3) is 0.0870. The minimum absolute atomic E-state index is 0.171. The monoisotopic (exact) mass is 413 g/mol. The Labute approximate surface area is 179 Å². The van der Waals surface area contributed by atoms with E-state index >= 15 is 0 Å². The fourth-order valence-electron chi connectivity index (χ4n) is 3.92. The van der Waals surface area contributed by atoms with Crippen molar-refractivity contribution in [1.29, 1.82) is 0 Å². The van der Waals surface area contributed by atoms with Gasteiger partial charge in [-0.25, -0.2) is 4.98 Å². The maximum atomic E-state index is 10.6. The maximum Gasteiger partial charge on any atom is 0.174 e. The molecule has 0 unspecified atom stereocenters. The third-order valence-electron chi connectivity index (χ3n) is 5.22. The minimum Gasteiger partial charge on any atom is -0.506 e. The van der Waals surface area contributed by atoms with Crippen molar-refractivity contribution in [2.24, 2.45) is 0 Å². The third kappa shape index (κ3) is 3.09. The first-order chi connectivity index (χ1) is 14.7. The zero-order valence-corrected chi connectivity index (χ0v) is 16.8. The molecule has 4 heterocycles. The van der Waals surface area contributed by atoms with E-state index in [0.717, 1.165) is 17.2 Å². The first-order valence-electron chi connectivity index (χ1n) is 9.61. The highest BCUT2D eigenvalue weighted by atomic mass is 32.1. The normalized spacial score (nSPS) is 18.4. The van der Waals surface area contributed by atoms with Crippen LogP contribution in [0, 0.1) is 0 Å². The molecule has 0 bridgehead atoms. The van der Waals surface area contributed by atoms with E-state index in [9.17, 15) is 5.11 Å². The van der Waals surface area contributed by atoms with Gasteiger partial charge in [0.1, 0.15) is 17.6 Å². The summed E-state index contributed by atoms with van der Waals surface area (Å²) in [5.74, 6) is 0.983. The average molecular weight is 414 g/mol. The van der Waals surface area contributed by atoms with Crippen molar-refractivity contribution in [2.75, 3.05) is 4.90 Å². The van der Waals surface area contributed by atoms with Crippen LogP contribution in [0.25, 0.3) is 5.82 Å². The molecule has 6 nitrogen and oxygen atoms in total. The summed E-state index contributed by atoms with van der Waals surface area (Å²) in [5, 5.41) is 14.5. The molecule has 7 heteroatoms. The molecule has 0 aliphatic carbocycles. The Morgan fingerprint density at radius 1 is 0.867 bits per heavy atom. The molecule has 1 fully saturated rings. The van der Waals surface area contributed by atoms with Crippen molar-refractivity contribution in [2.45, 2.75) is 12.1 Å². The quantitative estimate of drug-likeness (QED) is 0.490. The van der Waals surface area contributed by atoms with E-state index in [-0.39, 0.29) is 17.8 Å². The summed E-state index contributed by atoms with van der Waals surface area (Å²) in [7, 11) is 0. The molecule has 4 aromatic rings. The zero-order valence-electron chi connectivity index (χ0n) is 16.0. The van der Waals surface area contributed by atoms with Crippen LogP contribution in [0.2, 0.25) is 0 Å². The second-order valence-corrected chi connectivity index (χ2v) is 7.36. The second kappa shape index (κ2) is 7.61. The Kier molecular flexibility index (Phi) is 4.65. The molecule has 0 saturated carbocycles. The number of phenolic OH excluding ortho intramolecular Hbond substituents is 1. The topological polar surface area (TPSA) is 66.2 Å². The molecule has 1 aliphatic heterocycles. The Balaban J connectivity index is 1.69. The van der Waals surface area contributed by atoms with Crippen molar-refractivity contribution in [3.63, 3.8) is 0 Å². The van der Waals surface area contributed by atoms with E-state index in [4.69, 9.17) is 12.2 Å². The number of phenols is 1. The largest absolute Gasteiger partial charge is 0.506 e. The lowest BCUT2D eigenvalue weighted by molar-refractivity contribution is 0.472. The van der Waals surface area contributed by atoms with Crippen molar-refractivity contribution in [1.82, 2.24) is 19.9 Å². The Hall–Kier alpha value is -3.71. The molecule has 5 rings (SSSR count). The van der Waals surface area contributed by atoms with E-state index in [0.29, 0.717) is 10.8 Å². The van der Waals surface area contributed by atoms with Gasteiger partial charge in [0.05, 0.1) is 17.4 Å². The van der Waals surface area contributed by atoms with Gasteiger partial charge in [-0.2, -0.15) is 0 Å². The maximum absolute atomic E-state index is 10.6. The predicted octanol–water partition coefficient (Wildman–Crippen LogP) is 4.15. The Morgan fingerprint density at radius 3 is 2.37 bits per heavy atom. The van der Waals surface area contributed by atoms with Crippen LogP contribution in [-0.2, 0) is 0 Å². The summed E-state index contributed by atoms with van der Waals surface area (Å²) in [6, 6.07) is 22.5. The van der Waals surface area contributed by atoms with E-state index in [1.807, 2.05) is 70.3 Å². The number of hydrogen-bond donors (Lipinski definition) is 2. The number of thiocarbonyl (C=S) groups is 1. The molecule has 1 aliphatic rings. The van der Waals surface area contributed by atoms with Crippen molar-refractivity contribution >= 4 is 23.0 Å². The number of anilines is 1. The molecule has 30 heavy (non-hydrogen) atoms. The second-order valence-electron chi connectivity index (χ2n) is 6.98. The molecule has 2 atom stereocenters. The predicted molar refractivity (Wildman–Crippen MR) is 120 cm³/mol. The smallest absolute Gasteiger partial charge is 0.174 e. The Morgan fingerprint density at radius 2 is 1.63 bits per heavy atom. The SMILES string of the molecule is Oc1ccccc1N1C(=S)N[C@@H](c2ccccn2)[C@H]1c1cccn1-c1ccccn1. The minimum atomic E-state index is -0.238. The molecule has 0 spiro atoms. The first-order valence-corrected chi connectivity index (χ1v) is 10.0. The standard InChI is InChI=1S/C23H19N5OS/c29-19-11-2-1-9-17(19)28-22(21(26-23(28)30)16-8-3-5-13-24-16)18-10-7-15-27(18)20-12-4-6-14-25-20/h1-15,21-22,29H,(H,26,30)/t21-,22+/m0/s1. The van der Waals surface area contributed by atoms with E-state index in [2.05, 4.69) is 21.4 Å². The summed E-state index contributed by atoms with van der Waals surface area (Å²) >= 11 is 5.72. The lowest BCUT2D eigenvalue weighted by atomic mass is 10.0. The number of aromatic hydroxyl groups is 1. The van der Waals surface area contributed by atoms with Crippen LogP contribution >= 0.6 is 12.2 Å². The van der Waals surface area contributed by atoms with Crippen LogP contribution in [0.4, 0.5) is 5.69 Å². The molecule has 1 aromatic carbocycles. The van der Waals surface area contributed by atoms with Gasteiger partial charge in [0.25, 0.3) is 0 Å². The van der Waals surface area contributed by atoms with Gasteiger partial charge in [-0.15, -0.1) is 0 Å².